The first-order chi connectivity index (χ1) is 13.0. The standard InChI is InChI=1S/C18H16ClF3N2O4/c1-9-12(14(25)26)13(10-4-2-5-11(19)8-10)17(16(27)28,6-3-7-23)15(24-9)18(20,21)22/h2,4-5,8,12-13,15H,3,6H2,1H3,(H,25,26)(H,27,28). The molecule has 150 valence electrons. The molecule has 6 nitrogen and oxygen atoms in total. The Kier molecular flexibility index (Phi) is 6.04. The first-order valence-corrected chi connectivity index (χ1v) is 8.54. The number of aliphatic imine (C=N–C) groups is 1. The van der Waals surface area contributed by atoms with Crippen molar-refractivity contribution >= 4 is 29.3 Å². The van der Waals surface area contributed by atoms with Gasteiger partial charge in [0, 0.05) is 23.1 Å². The third-order valence-corrected chi connectivity index (χ3v) is 5.23. The summed E-state index contributed by atoms with van der Waals surface area (Å²) in [5, 5.41) is 28.6. The lowest BCUT2D eigenvalue weighted by Crippen LogP contribution is -2.59. The van der Waals surface area contributed by atoms with Crippen molar-refractivity contribution in [3.63, 3.8) is 0 Å². The molecule has 1 aliphatic rings. The van der Waals surface area contributed by atoms with E-state index in [-0.39, 0.29) is 16.3 Å². The van der Waals surface area contributed by atoms with Gasteiger partial charge in [0.2, 0.25) is 0 Å². The quantitative estimate of drug-likeness (QED) is 0.756. The van der Waals surface area contributed by atoms with E-state index in [4.69, 9.17) is 16.9 Å². The minimum atomic E-state index is -5.06. The van der Waals surface area contributed by atoms with E-state index in [9.17, 15) is 33.0 Å². The zero-order chi connectivity index (χ0) is 21.3. The molecule has 0 fully saturated rings. The van der Waals surface area contributed by atoms with Gasteiger partial charge in [0.1, 0.15) is 11.3 Å². The van der Waals surface area contributed by atoms with Crippen LogP contribution < -0.4 is 0 Å². The lowest BCUT2D eigenvalue weighted by molar-refractivity contribution is -0.197. The number of benzene rings is 1. The minimum absolute atomic E-state index is 0.0312. The summed E-state index contributed by atoms with van der Waals surface area (Å²) in [4.78, 5) is 27.7. The molecule has 4 atom stereocenters. The van der Waals surface area contributed by atoms with Gasteiger partial charge in [-0.3, -0.25) is 14.6 Å². The summed E-state index contributed by atoms with van der Waals surface area (Å²) in [6.07, 6.45) is -6.30. The van der Waals surface area contributed by atoms with Crippen molar-refractivity contribution in [2.24, 2.45) is 16.3 Å². The summed E-state index contributed by atoms with van der Waals surface area (Å²) < 4.78 is 41.6. The van der Waals surface area contributed by atoms with Gasteiger partial charge in [0.15, 0.2) is 6.04 Å². The number of nitriles is 1. The van der Waals surface area contributed by atoms with Crippen LogP contribution in [0.25, 0.3) is 0 Å². The molecular formula is C18H16ClF3N2O4. The van der Waals surface area contributed by atoms with Crippen LogP contribution in [0.1, 0.15) is 31.2 Å². The van der Waals surface area contributed by atoms with E-state index < -0.39 is 54.2 Å². The number of hydrogen-bond acceptors (Lipinski definition) is 4. The van der Waals surface area contributed by atoms with Crippen LogP contribution in [0, 0.1) is 22.7 Å². The summed E-state index contributed by atoms with van der Waals surface area (Å²) in [5.74, 6) is -6.61. The SMILES string of the molecule is CC1=NC(C(F)(F)F)C(CCC#N)(C(=O)O)C(c2cccc(Cl)c2)C1C(=O)O. The van der Waals surface area contributed by atoms with Crippen molar-refractivity contribution in [3.05, 3.63) is 34.9 Å². The van der Waals surface area contributed by atoms with Crippen molar-refractivity contribution in [2.45, 2.75) is 37.9 Å². The fraction of sp³-hybridized carbons (Fsp3) is 0.444. The van der Waals surface area contributed by atoms with Gasteiger partial charge in [0.25, 0.3) is 0 Å². The summed E-state index contributed by atoms with van der Waals surface area (Å²) in [7, 11) is 0. The number of rotatable bonds is 5. The molecule has 0 bridgehead atoms. The third kappa shape index (κ3) is 3.69. The fourth-order valence-corrected chi connectivity index (χ4v) is 4.09. The maximum Gasteiger partial charge on any atom is 0.411 e. The number of carbonyl (C=O) groups is 2. The average Bonchev–Trinajstić information content (AvgIpc) is 2.58. The maximum absolute atomic E-state index is 13.9. The highest BCUT2D eigenvalue weighted by Crippen LogP contribution is 2.55. The number of hydrogen-bond donors (Lipinski definition) is 2. The molecule has 0 spiro atoms. The molecule has 1 aromatic rings. The van der Waals surface area contributed by atoms with Crippen LogP contribution in [-0.2, 0) is 9.59 Å². The molecule has 10 heteroatoms. The van der Waals surface area contributed by atoms with Crippen LogP contribution in [0.4, 0.5) is 13.2 Å². The zero-order valence-electron chi connectivity index (χ0n) is 14.6. The van der Waals surface area contributed by atoms with E-state index in [0.29, 0.717) is 0 Å². The second-order valence-corrected chi connectivity index (χ2v) is 7.00. The highest BCUT2D eigenvalue weighted by atomic mass is 35.5. The number of halogens is 4. The number of carboxylic acids is 2. The number of nitrogens with zero attached hydrogens (tertiary/aromatic N) is 2. The lowest BCUT2D eigenvalue weighted by Gasteiger charge is -2.47. The molecule has 4 unspecified atom stereocenters. The second kappa shape index (κ2) is 7.80. The Morgan fingerprint density at radius 3 is 2.46 bits per heavy atom. The molecule has 0 saturated heterocycles. The molecule has 0 aromatic heterocycles. The summed E-state index contributed by atoms with van der Waals surface area (Å²) in [5.41, 5.74) is -2.99. The highest BCUT2D eigenvalue weighted by molar-refractivity contribution is 6.30. The van der Waals surface area contributed by atoms with Gasteiger partial charge in [-0.2, -0.15) is 18.4 Å². The molecule has 0 amide bonds. The smallest absolute Gasteiger partial charge is 0.411 e. The Morgan fingerprint density at radius 2 is 2.00 bits per heavy atom. The number of carboxylic acid groups (broad SMARTS) is 2. The first-order valence-electron chi connectivity index (χ1n) is 8.16. The highest BCUT2D eigenvalue weighted by Gasteiger charge is 2.66. The second-order valence-electron chi connectivity index (χ2n) is 6.57. The Labute approximate surface area is 163 Å². The van der Waals surface area contributed by atoms with Crippen molar-refractivity contribution in [2.75, 3.05) is 0 Å². The molecule has 2 rings (SSSR count). The Bertz CT molecular complexity index is 865. The molecule has 1 aromatic carbocycles. The Hall–Kier alpha value is -2.60. The van der Waals surface area contributed by atoms with Crippen molar-refractivity contribution in [1.82, 2.24) is 0 Å². The van der Waals surface area contributed by atoms with Crippen LogP contribution in [0.5, 0.6) is 0 Å². The van der Waals surface area contributed by atoms with E-state index in [1.807, 2.05) is 0 Å². The summed E-state index contributed by atoms with van der Waals surface area (Å²) in [6, 6.07) is 4.37. The topological polar surface area (TPSA) is 111 Å². The van der Waals surface area contributed by atoms with Crippen LogP contribution in [-0.4, -0.2) is 40.1 Å². The fourth-order valence-electron chi connectivity index (χ4n) is 3.90. The third-order valence-electron chi connectivity index (χ3n) is 4.99. The average molecular weight is 417 g/mol. The van der Waals surface area contributed by atoms with Crippen molar-refractivity contribution < 1.29 is 33.0 Å². The Balaban J connectivity index is 2.91. The molecular weight excluding hydrogens is 401 g/mol. The molecule has 0 radical (unpaired) electrons. The first kappa shape index (κ1) is 21.7. The van der Waals surface area contributed by atoms with Gasteiger partial charge in [-0.1, -0.05) is 23.7 Å². The van der Waals surface area contributed by atoms with E-state index in [2.05, 4.69) is 4.99 Å². The molecule has 0 saturated carbocycles. The van der Waals surface area contributed by atoms with E-state index in [1.165, 1.54) is 24.3 Å². The van der Waals surface area contributed by atoms with E-state index >= 15 is 0 Å². The number of aliphatic carboxylic acids is 2. The Morgan fingerprint density at radius 1 is 1.36 bits per heavy atom. The molecule has 1 heterocycles. The minimum Gasteiger partial charge on any atom is -0.481 e. The predicted molar refractivity (Wildman–Crippen MR) is 93.2 cm³/mol. The summed E-state index contributed by atoms with van der Waals surface area (Å²) in [6.45, 7) is 1.13. The van der Waals surface area contributed by atoms with Gasteiger partial charge in [0.05, 0.1) is 6.07 Å². The number of alkyl halides is 3. The van der Waals surface area contributed by atoms with Gasteiger partial charge in [-0.15, -0.1) is 0 Å². The van der Waals surface area contributed by atoms with Gasteiger partial charge in [-0.05, 0) is 31.0 Å². The normalized spacial score (nSPS) is 27.6. The van der Waals surface area contributed by atoms with Gasteiger partial charge < -0.3 is 10.2 Å². The van der Waals surface area contributed by atoms with Crippen LogP contribution in [0.3, 0.4) is 0 Å². The van der Waals surface area contributed by atoms with Gasteiger partial charge >= 0.3 is 18.1 Å². The lowest BCUT2D eigenvalue weighted by atomic mass is 9.57. The molecule has 2 N–H and O–H groups in total. The largest absolute Gasteiger partial charge is 0.481 e. The van der Waals surface area contributed by atoms with Crippen LogP contribution in [0.2, 0.25) is 5.02 Å². The summed E-state index contributed by atoms with van der Waals surface area (Å²) >= 11 is 5.93. The molecule has 0 aliphatic carbocycles. The zero-order valence-corrected chi connectivity index (χ0v) is 15.3. The van der Waals surface area contributed by atoms with Crippen molar-refractivity contribution in [3.8, 4) is 6.07 Å². The van der Waals surface area contributed by atoms with Crippen molar-refractivity contribution in [1.29, 1.82) is 5.26 Å². The van der Waals surface area contributed by atoms with Gasteiger partial charge in [-0.25, -0.2) is 0 Å². The monoisotopic (exact) mass is 416 g/mol. The van der Waals surface area contributed by atoms with Crippen LogP contribution in [0.15, 0.2) is 29.3 Å². The molecule has 1 aliphatic heterocycles. The maximum atomic E-state index is 13.9. The van der Waals surface area contributed by atoms with E-state index in [0.717, 1.165) is 6.92 Å². The predicted octanol–water partition coefficient (Wildman–Crippen LogP) is 3.90. The van der Waals surface area contributed by atoms with E-state index in [1.54, 1.807) is 6.07 Å². The van der Waals surface area contributed by atoms with Crippen LogP contribution >= 0.6 is 11.6 Å². The molecule has 28 heavy (non-hydrogen) atoms.